The Labute approximate surface area is 226 Å². The maximum atomic E-state index is 15.9. The molecule has 2 bridgehead atoms. The lowest BCUT2D eigenvalue weighted by molar-refractivity contribution is -0.0578. The van der Waals surface area contributed by atoms with Crippen LogP contribution in [-0.2, 0) is 23.1 Å². The van der Waals surface area contributed by atoms with Gasteiger partial charge in [-0.3, -0.25) is 32.8 Å². The highest BCUT2D eigenvalue weighted by molar-refractivity contribution is 7.47. The number of phosphoric acid groups is 1. The summed E-state index contributed by atoms with van der Waals surface area (Å²) in [7, 11) is -4.97. The fourth-order valence-corrected chi connectivity index (χ4v) is 6.57. The molecule has 0 aliphatic carbocycles. The molecule has 17 nitrogen and oxygen atoms in total. The number of nitrogens with two attached hydrogens (primary N) is 1. The summed E-state index contributed by atoms with van der Waals surface area (Å²) < 4.78 is 69.3. The lowest BCUT2D eigenvalue weighted by atomic mass is 9.91. The van der Waals surface area contributed by atoms with E-state index in [-0.39, 0.29) is 41.1 Å². The molecule has 4 aromatic heterocycles. The van der Waals surface area contributed by atoms with Gasteiger partial charge in [0.05, 0.1) is 37.8 Å². The van der Waals surface area contributed by atoms with Crippen LogP contribution in [0.1, 0.15) is 25.3 Å². The predicted octanol–water partition coefficient (Wildman–Crippen LogP) is 0.218. The van der Waals surface area contributed by atoms with Crippen molar-refractivity contribution >= 4 is 36.1 Å². The van der Waals surface area contributed by atoms with E-state index in [0.717, 1.165) is 12.7 Å². The molecule has 0 aromatic carbocycles. The largest absolute Gasteiger partial charge is 0.472 e. The van der Waals surface area contributed by atoms with E-state index >= 15 is 8.78 Å². The van der Waals surface area contributed by atoms with E-state index < -0.39 is 74.6 Å². The third kappa shape index (κ3) is 4.27. The summed E-state index contributed by atoms with van der Waals surface area (Å²) in [5.74, 6) is -1.17. The zero-order valence-electron chi connectivity index (χ0n) is 20.7. The first kappa shape index (κ1) is 26.3. The molecule has 0 saturated carbocycles. The van der Waals surface area contributed by atoms with E-state index in [1.54, 1.807) is 0 Å². The summed E-state index contributed by atoms with van der Waals surface area (Å²) >= 11 is 0. The van der Waals surface area contributed by atoms with Crippen molar-refractivity contribution in [1.29, 1.82) is 0 Å². The van der Waals surface area contributed by atoms with Crippen molar-refractivity contribution in [1.82, 2.24) is 39.0 Å². The van der Waals surface area contributed by atoms with Crippen LogP contribution in [-0.4, -0.2) is 81.2 Å². The summed E-state index contributed by atoms with van der Waals surface area (Å²) in [5, 5.41) is 0. The van der Waals surface area contributed by atoms with Crippen molar-refractivity contribution < 1.29 is 36.8 Å². The first-order valence-electron chi connectivity index (χ1n) is 12.5. The molecule has 3 fully saturated rings. The van der Waals surface area contributed by atoms with Crippen molar-refractivity contribution in [3.63, 3.8) is 0 Å². The van der Waals surface area contributed by atoms with Gasteiger partial charge in [0, 0.05) is 5.92 Å². The van der Waals surface area contributed by atoms with E-state index in [0.29, 0.717) is 0 Å². The van der Waals surface area contributed by atoms with Crippen molar-refractivity contribution in [2.24, 2.45) is 5.92 Å². The van der Waals surface area contributed by atoms with Gasteiger partial charge in [-0.25, -0.2) is 28.3 Å². The van der Waals surface area contributed by atoms with Gasteiger partial charge in [0.1, 0.15) is 6.10 Å². The Hall–Kier alpha value is -3.61. The molecular formula is C21H22F2N9O8P. The molecule has 20 heteroatoms. The van der Waals surface area contributed by atoms with E-state index in [1.807, 2.05) is 0 Å². The number of imidazole rings is 2. The van der Waals surface area contributed by atoms with Gasteiger partial charge in [0.25, 0.3) is 11.1 Å². The average molecular weight is 597 g/mol. The topological polar surface area (TPSA) is 227 Å². The average Bonchev–Trinajstić information content (AvgIpc) is 3.67. The number of anilines is 1. The minimum atomic E-state index is -4.97. The highest BCUT2D eigenvalue weighted by atomic mass is 31.2. The standard InChI is InChI=1S/C21H22F2N9O8P/c22-10-7-1-2-8-11(23)14(20(38-8)32-6-28-13-16(32)29-21(24)30-18(13)34)40-41(35,36)37-3-9(7)39-19(10)31-5-27-12-15(31)25-4-26-17(12)33/h4-11,14,19-20H,1-3H2,(H,35,36)(H,25,26,33)(H3,24,29,30,34)/t7-,8?,9-,10+,11-,14-,19-,20-/m1/s1. The maximum Gasteiger partial charge on any atom is 0.472 e. The van der Waals surface area contributed by atoms with Gasteiger partial charge in [-0.1, -0.05) is 0 Å². The van der Waals surface area contributed by atoms with Crippen LogP contribution in [0.4, 0.5) is 14.7 Å². The summed E-state index contributed by atoms with van der Waals surface area (Å²) in [6.07, 6.45) is -6.78. The fraction of sp³-hybridized carbons (Fsp3) is 0.524. The number of fused-ring (bicyclic) bond motifs is 5. The predicted molar refractivity (Wildman–Crippen MR) is 132 cm³/mol. The summed E-state index contributed by atoms with van der Waals surface area (Å²) in [6.45, 7) is -0.558. The Morgan fingerprint density at radius 2 is 1.68 bits per heavy atom. The van der Waals surface area contributed by atoms with Gasteiger partial charge < -0.3 is 25.1 Å². The minimum Gasteiger partial charge on any atom is -0.369 e. The number of hydrogen-bond donors (Lipinski definition) is 4. The van der Waals surface area contributed by atoms with Gasteiger partial charge in [-0.2, -0.15) is 4.98 Å². The molecule has 0 spiro atoms. The summed E-state index contributed by atoms with van der Waals surface area (Å²) in [4.78, 5) is 55.5. The lowest BCUT2D eigenvalue weighted by Gasteiger charge is -2.25. The number of nitrogens with zero attached hydrogens (tertiary/aromatic N) is 6. The molecule has 9 atom stereocenters. The quantitative estimate of drug-likeness (QED) is 0.227. The number of nitrogen functional groups attached to an aromatic ring is 1. The molecule has 218 valence electrons. The molecule has 5 N–H and O–H groups in total. The number of halogens is 2. The number of nitrogens with one attached hydrogen (secondary N) is 2. The van der Waals surface area contributed by atoms with Crippen molar-refractivity contribution in [2.75, 3.05) is 12.3 Å². The second kappa shape index (κ2) is 9.47. The van der Waals surface area contributed by atoms with Crippen molar-refractivity contribution in [3.8, 4) is 0 Å². The highest BCUT2D eigenvalue weighted by Gasteiger charge is 2.54. The SMILES string of the molecule is Nc1nc2c(ncn2[C@@H]2OC3CC[C@H]4[C@H](F)[C@H](n5cnc6c(=O)[nH]cnc65)O[C@@H]4COP(=O)(O)O[C@@H]2[C@@H]3F)c(=O)[nH]1. The number of rotatable bonds is 2. The normalized spacial score (nSPS) is 36.0. The molecule has 3 aliphatic heterocycles. The van der Waals surface area contributed by atoms with Crippen LogP contribution in [0, 0.1) is 5.92 Å². The van der Waals surface area contributed by atoms with Crippen LogP contribution in [0.25, 0.3) is 22.3 Å². The van der Waals surface area contributed by atoms with Gasteiger partial charge in [-0.05, 0) is 12.8 Å². The van der Waals surface area contributed by atoms with Gasteiger partial charge >= 0.3 is 7.82 Å². The van der Waals surface area contributed by atoms with Gasteiger partial charge in [-0.15, -0.1) is 0 Å². The molecular weight excluding hydrogens is 575 g/mol. The second-order valence-corrected chi connectivity index (χ2v) is 11.3. The summed E-state index contributed by atoms with van der Waals surface area (Å²) in [5.41, 5.74) is 4.35. The molecule has 41 heavy (non-hydrogen) atoms. The maximum absolute atomic E-state index is 15.9. The van der Waals surface area contributed by atoms with Crippen LogP contribution in [0.15, 0.2) is 28.6 Å². The van der Waals surface area contributed by atoms with Crippen molar-refractivity contribution in [3.05, 3.63) is 39.7 Å². The van der Waals surface area contributed by atoms with Gasteiger partial charge in [0.15, 0.2) is 47.1 Å². The number of aromatic nitrogens is 8. The smallest absolute Gasteiger partial charge is 0.369 e. The van der Waals surface area contributed by atoms with E-state index in [1.165, 1.54) is 15.5 Å². The number of ether oxygens (including phenoxy) is 2. The van der Waals surface area contributed by atoms with E-state index in [2.05, 4.69) is 29.9 Å². The fourth-order valence-electron chi connectivity index (χ4n) is 5.65. The zero-order chi connectivity index (χ0) is 28.6. The van der Waals surface area contributed by atoms with Crippen LogP contribution >= 0.6 is 7.82 Å². The Balaban J connectivity index is 1.21. The molecule has 3 saturated heterocycles. The van der Waals surface area contributed by atoms with E-state index in [9.17, 15) is 19.0 Å². The van der Waals surface area contributed by atoms with E-state index in [4.69, 9.17) is 24.3 Å². The summed E-state index contributed by atoms with van der Waals surface area (Å²) in [6, 6.07) is 0. The monoisotopic (exact) mass is 597 g/mol. The van der Waals surface area contributed by atoms with Crippen LogP contribution in [0.3, 0.4) is 0 Å². The molecule has 7 heterocycles. The van der Waals surface area contributed by atoms with Crippen molar-refractivity contribution in [2.45, 2.75) is 56.0 Å². The first-order valence-corrected chi connectivity index (χ1v) is 14.0. The number of phosphoric ester groups is 1. The Morgan fingerprint density at radius 3 is 2.46 bits per heavy atom. The Morgan fingerprint density at radius 1 is 0.976 bits per heavy atom. The van der Waals surface area contributed by atoms with Crippen LogP contribution in [0.5, 0.6) is 0 Å². The van der Waals surface area contributed by atoms with Gasteiger partial charge in [0.2, 0.25) is 5.95 Å². The molecule has 0 radical (unpaired) electrons. The number of aromatic amines is 2. The third-order valence-electron chi connectivity index (χ3n) is 7.54. The molecule has 2 unspecified atom stereocenters. The Bertz CT molecular complexity index is 1810. The second-order valence-electron chi connectivity index (χ2n) is 9.93. The highest BCUT2D eigenvalue weighted by Crippen LogP contribution is 2.52. The lowest BCUT2D eigenvalue weighted by Crippen LogP contribution is -2.31. The third-order valence-corrected chi connectivity index (χ3v) is 8.53. The Kier molecular flexibility index (Phi) is 6.07. The molecule has 4 aromatic rings. The van der Waals surface area contributed by atoms with Crippen LogP contribution in [0.2, 0.25) is 0 Å². The number of hydrogen-bond acceptors (Lipinski definition) is 12. The molecule has 3 aliphatic rings. The zero-order valence-corrected chi connectivity index (χ0v) is 21.6. The molecule has 7 rings (SSSR count). The number of H-pyrrole nitrogens is 2. The first-order chi connectivity index (χ1) is 19.6. The minimum absolute atomic E-state index is 0.0239. The molecule has 0 amide bonds. The van der Waals surface area contributed by atoms with Crippen LogP contribution < -0.4 is 16.9 Å². The number of alkyl halides is 2.